The maximum absolute atomic E-state index is 13.1. The van der Waals surface area contributed by atoms with E-state index in [0.29, 0.717) is 5.56 Å². The van der Waals surface area contributed by atoms with Crippen LogP contribution < -0.4 is 5.32 Å². The molecule has 0 fully saturated rings. The molecule has 2 aromatic carbocycles. The van der Waals surface area contributed by atoms with Gasteiger partial charge in [0.25, 0.3) is 0 Å². The molecule has 3 rings (SSSR count). The average molecular weight is 347 g/mol. The second kappa shape index (κ2) is 6.88. The molecule has 128 valence electrons. The minimum Gasteiger partial charge on any atom is -0.350 e. The Morgan fingerprint density at radius 2 is 1.56 bits per heavy atom. The lowest BCUT2D eigenvalue weighted by atomic mass is 10.1. The summed E-state index contributed by atoms with van der Waals surface area (Å²) >= 11 is 0. The Labute approximate surface area is 141 Å². The first kappa shape index (κ1) is 16.9. The Balaban J connectivity index is 1.94. The van der Waals surface area contributed by atoms with E-state index in [0.717, 1.165) is 11.6 Å². The second-order valence-corrected chi connectivity index (χ2v) is 5.31. The van der Waals surface area contributed by atoms with Crippen LogP contribution in [0, 0.1) is 5.82 Å². The van der Waals surface area contributed by atoms with Crippen LogP contribution in [0.25, 0.3) is 11.3 Å². The summed E-state index contributed by atoms with van der Waals surface area (Å²) in [6, 6.07) is 15.1. The summed E-state index contributed by atoms with van der Waals surface area (Å²) < 4.78 is 52.4. The van der Waals surface area contributed by atoms with Gasteiger partial charge in [0, 0.05) is 12.1 Å². The number of nitrogens with one attached hydrogen (secondary N) is 1. The van der Waals surface area contributed by atoms with Gasteiger partial charge in [-0.3, -0.25) is 0 Å². The van der Waals surface area contributed by atoms with Crippen molar-refractivity contribution in [1.82, 2.24) is 9.97 Å². The van der Waals surface area contributed by atoms with E-state index in [1.165, 1.54) is 24.3 Å². The molecule has 0 amide bonds. The fraction of sp³-hybridized carbons (Fsp3) is 0.111. The third kappa shape index (κ3) is 4.32. The van der Waals surface area contributed by atoms with E-state index in [1.54, 1.807) is 0 Å². The number of alkyl halides is 3. The smallest absolute Gasteiger partial charge is 0.350 e. The van der Waals surface area contributed by atoms with Crippen molar-refractivity contribution in [3.05, 3.63) is 77.7 Å². The number of halogens is 4. The van der Waals surface area contributed by atoms with Crippen molar-refractivity contribution in [2.24, 2.45) is 0 Å². The zero-order valence-electron chi connectivity index (χ0n) is 12.9. The molecule has 0 unspecified atom stereocenters. The quantitative estimate of drug-likeness (QED) is 0.681. The molecule has 0 atom stereocenters. The summed E-state index contributed by atoms with van der Waals surface area (Å²) in [6.07, 6.45) is -4.61. The molecule has 1 heterocycles. The second-order valence-electron chi connectivity index (χ2n) is 5.31. The third-order valence-corrected chi connectivity index (χ3v) is 3.45. The van der Waals surface area contributed by atoms with Crippen LogP contribution in [0.1, 0.15) is 11.3 Å². The van der Waals surface area contributed by atoms with Gasteiger partial charge < -0.3 is 5.32 Å². The molecule has 3 nitrogen and oxygen atoms in total. The lowest BCUT2D eigenvalue weighted by molar-refractivity contribution is -0.141. The van der Waals surface area contributed by atoms with Crippen molar-refractivity contribution in [1.29, 1.82) is 0 Å². The molecule has 0 spiro atoms. The minimum atomic E-state index is -4.61. The predicted octanol–water partition coefficient (Wildman–Crippen LogP) is 4.91. The van der Waals surface area contributed by atoms with Crippen LogP contribution in [0.2, 0.25) is 0 Å². The van der Waals surface area contributed by atoms with E-state index >= 15 is 0 Å². The van der Waals surface area contributed by atoms with Crippen molar-refractivity contribution < 1.29 is 17.6 Å². The van der Waals surface area contributed by atoms with E-state index in [1.807, 2.05) is 30.3 Å². The van der Waals surface area contributed by atoms with Gasteiger partial charge in [0.05, 0.1) is 5.69 Å². The van der Waals surface area contributed by atoms with Crippen molar-refractivity contribution in [3.8, 4) is 11.3 Å². The summed E-state index contributed by atoms with van der Waals surface area (Å²) in [5.74, 6) is -0.616. The van der Waals surface area contributed by atoms with Crippen LogP contribution in [0.15, 0.2) is 60.7 Å². The van der Waals surface area contributed by atoms with Crippen LogP contribution in [-0.2, 0) is 12.7 Å². The molecule has 1 aromatic heterocycles. The normalized spacial score (nSPS) is 11.4. The highest BCUT2D eigenvalue weighted by Crippen LogP contribution is 2.31. The van der Waals surface area contributed by atoms with Crippen LogP contribution in [0.3, 0.4) is 0 Å². The van der Waals surface area contributed by atoms with E-state index in [2.05, 4.69) is 15.3 Å². The van der Waals surface area contributed by atoms with Gasteiger partial charge in [-0.15, -0.1) is 0 Å². The molecule has 0 saturated carbocycles. The first-order valence-corrected chi connectivity index (χ1v) is 7.42. The van der Waals surface area contributed by atoms with Crippen molar-refractivity contribution in [2.75, 3.05) is 5.32 Å². The standard InChI is InChI=1S/C18H13F4N3/c19-14-8-6-13(7-9-14)15-10-16(18(20,21)22)25-17(24-15)23-11-12-4-2-1-3-5-12/h1-10H,11H2,(H,23,24,25). The predicted molar refractivity (Wildman–Crippen MR) is 86.2 cm³/mol. The lowest BCUT2D eigenvalue weighted by Gasteiger charge is -2.12. The largest absolute Gasteiger partial charge is 0.433 e. The first-order chi connectivity index (χ1) is 11.9. The average Bonchev–Trinajstić information content (AvgIpc) is 2.60. The highest BCUT2D eigenvalue weighted by atomic mass is 19.4. The van der Waals surface area contributed by atoms with Gasteiger partial charge in [-0.1, -0.05) is 30.3 Å². The maximum atomic E-state index is 13.1. The monoisotopic (exact) mass is 347 g/mol. The Bertz CT molecular complexity index is 846. The Hall–Kier alpha value is -2.96. The van der Waals surface area contributed by atoms with Crippen molar-refractivity contribution in [3.63, 3.8) is 0 Å². The number of benzene rings is 2. The number of aromatic nitrogens is 2. The lowest BCUT2D eigenvalue weighted by Crippen LogP contribution is -2.12. The summed E-state index contributed by atoms with van der Waals surface area (Å²) in [5, 5.41) is 2.80. The highest BCUT2D eigenvalue weighted by Gasteiger charge is 2.33. The summed E-state index contributed by atoms with van der Waals surface area (Å²) in [7, 11) is 0. The molecule has 0 aliphatic heterocycles. The number of rotatable bonds is 4. The number of nitrogens with zero attached hydrogens (tertiary/aromatic N) is 2. The van der Waals surface area contributed by atoms with Crippen LogP contribution >= 0.6 is 0 Å². The maximum Gasteiger partial charge on any atom is 0.433 e. The molecule has 1 N–H and O–H groups in total. The topological polar surface area (TPSA) is 37.8 Å². The summed E-state index contributed by atoms with van der Waals surface area (Å²) in [6.45, 7) is 0.283. The zero-order valence-corrected chi connectivity index (χ0v) is 12.9. The summed E-state index contributed by atoms with van der Waals surface area (Å²) in [5.41, 5.74) is 0.263. The summed E-state index contributed by atoms with van der Waals surface area (Å²) in [4.78, 5) is 7.66. The molecule has 3 aromatic rings. The van der Waals surface area contributed by atoms with Crippen LogP contribution in [0.4, 0.5) is 23.5 Å². The molecule has 0 saturated heterocycles. The van der Waals surface area contributed by atoms with Gasteiger partial charge in [0.2, 0.25) is 5.95 Å². The molecule has 0 aliphatic rings. The molecule has 0 aliphatic carbocycles. The number of anilines is 1. The van der Waals surface area contributed by atoms with E-state index in [4.69, 9.17) is 0 Å². The van der Waals surface area contributed by atoms with Gasteiger partial charge >= 0.3 is 6.18 Å². The van der Waals surface area contributed by atoms with Gasteiger partial charge in [-0.05, 0) is 35.9 Å². The molecular weight excluding hydrogens is 334 g/mol. The van der Waals surface area contributed by atoms with E-state index in [9.17, 15) is 17.6 Å². The zero-order chi connectivity index (χ0) is 17.9. The Morgan fingerprint density at radius 1 is 0.880 bits per heavy atom. The SMILES string of the molecule is Fc1ccc(-c2cc(C(F)(F)F)nc(NCc3ccccc3)n2)cc1. The molecular formula is C18H13F4N3. The van der Waals surface area contributed by atoms with Gasteiger partial charge in [0.15, 0.2) is 5.69 Å². The molecule has 0 bridgehead atoms. The van der Waals surface area contributed by atoms with Gasteiger partial charge in [-0.2, -0.15) is 13.2 Å². The molecule has 0 radical (unpaired) electrons. The number of hydrogen-bond donors (Lipinski definition) is 1. The molecule has 7 heteroatoms. The third-order valence-electron chi connectivity index (χ3n) is 3.45. The highest BCUT2D eigenvalue weighted by molar-refractivity contribution is 5.61. The van der Waals surface area contributed by atoms with Crippen LogP contribution in [0.5, 0.6) is 0 Å². The van der Waals surface area contributed by atoms with E-state index in [-0.39, 0.29) is 18.2 Å². The Morgan fingerprint density at radius 3 is 2.20 bits per heavy atom. The first-order valence-electron chi connectivity index (χ1n) is 7.42. The fourth-order valence-electron chi connectivity index (χ4n) is 2.22. The van der Waals surface area contributed by atoms with Gasteiger partial charge in [-0.25, -0.2) is 14.4 Å². The van der Waals surface area contributed by atoms with Crippen molar-refractivity contribution in [2.45, 2.75) is 12.7 Å². The van der Waals surface area contributed by atoms with E-state index < -0.39 is 17.7 Å². The number of hydrogen-bond acceptors (Lipinski definition) is 3. The minimum absolute atomic E-state index is 0.0675. The molecule has 25 heavy (non-hydrogen) atoms. The van der Waals surface area contributed by atoms with Crippen LogP contribution in [-0.4, -0.2) is 9.97 Å². The van der Waals surface area contributed by atoms with Crippen molar-refractivity contribution >= 4 is 5.95 Å². The Kier molecular flexibility index (Phi) is 4.65. The fourth-order valence-corrected chi connectivity index (χ4v) is 2.22. The van der Waals surface area contributed by atoms with Gasteiger partial charge in [0.1, 0.15) is 5.82 Å².